The molecule has 0 aliphatic rings. The van der Waals surface area contributed by atoms with Gasteiger partial charge in [-0.1, -0.05) is 30.7 Å². The van der Waals surface area contributed by atoms with Crippen LogP contribution < -0.4 is 5.32 Å². The van der Waals surface area contributed by atoms with Crippen LogP contribution >= 0.6 is 43.5 Å². The van der Waals surface area contributed by atoms with Gasteiger partial charge < -0.3 is 5.32 Å². The van der Waals surface area contributed by atoms with Gasteiger partial charge in [0.1, 0.15) is 0 Å². The summed E-state index contributed by atoms with van der Waals surface area (Å²) in [6.07, 6.45) is 1.80. The number of hydrogen-bond donors (Lipinski definition) is 1. The number of nitrogens with one attached hydrogen (secondary N) is 1. The second kappa shape index (κ2) is 6.39. The predicted octanol–water partition coefficient (Wildman–Crippen LogP) is 4.30. The Morgan fingerprint density at radius 2 is 2.11 bits per heavy atom. The predicted molar refractivity (Wildman–Crippen MR) is 85.6 cm³/mol. The zero-order valence-corrected chi connectivity index (χ0v) is 14.6. The molecular weight excluding hydrogens is 393 g/mol. The third kappa shape index (κ3) is 3.05. The SMILES string of the molecule is CCNC(c1cccc(Br)c1Cl)c1c(Br)cnn1C. The molecule has 0 radical (unpaired) electrons. The molecule has 1 unspecified atom stereocenters. The van der Waals surface area contributed by atoms with Crippen molar-refractivity contribution in [3.05, 3.63) is 49.6 Å². The van der Waals surface area contributed by atoms with E-state index < -0.39 is 0 Å². The Hall–Kier alpha value is -0.360. The lowest BCUT2D eigenvalue weighted by Crippen LogP contribution is -2.25. The van der Waals surface area contributed by atoms with Gasteiger partial charge in [-0.15, -0.1) is 0 Å². The van der Waals surface area contributed by atoms with Gasteiger partial charge in [0.25, 0.3) is 0 Å². The highest BCUT2D eigenvalue weighted by Gasteiger charge is 2.22. The van der Waals surface area contributed by atoms with Gasteiger partial charge >= 0.3 is 0 Å². The summed E-state index contributed by atoms with van der Waals surface area (Å²) >= 11 is 13.4. The fraction of sp³-hybridized carbons (Fsp3) is 0.308. The van der Waals surface area contributed by atoms with Crippen molar-refractivity contribution in [1.82, 2.24) is 15.1 Å². The summed E-state index contributed by atoms with van der Waals surface area (Å²) < 4.78 is 3.72. The third-order valence-electron chi connectivity index (χ3n) is 2.91. The van der Waals surface area contributed by atoms with E-state index in [2.05, 4.69) is 49.2 Å². The Bertz CT molecular complexity index is 564. The average Bonchev–Trinajstić information content (AvgIpc) is 2.70. The van der Waals surface area contributed by atoms with Crippen LogP contribution in [-0.2, 0) is 7.05 Å². The van der Waals surface area contributed by atoms with E-state index in [1.165, 1.54) is 0 Å². The van der Waals surface area contributed by atoms with Crippen LogP contribution in [0.25, 0.3) is 0 Å². The molecule has 1 atom stereocenters. The molecule has 19 heavy (non-hydrogen) atoms. The van der Waals surface area contributed by atoms with Crippen LogP contribution in [0.3, 0.4) is 0 Å². The quantitative estimate of drug-likeness (QED) is 0.819. The molecule has 102 valence electrons. The Labute approximate surface area is 134 Å². The second-order valence-corrected chi connectivity index (χ2v) is 6.22. The summed E-state index contributed by atoms with van der Waals surface area (Å²) in [5, 5.41) is 8.45. The Morgan fingerprint density at radius 3 is 2.68 bits per heavy atom. The van der Waals surface area contributed by atoms with Crippen molar-refractivity contribution in [3.8, 4) is 0 Å². The number of nitrogens with zero attached hydrogens (tertiary/aromatic N) is 2. The smallest absolute Gasteiger partial charge is 0.0774 e. The first kappa shape index (κ1) is 15.0. The number of hydrogen-bond acceptors (Lipinski definition) is 2. The van der Waals surface area contributed by atoms with Gasteiger partial charge in [-0.25, -0.2) is 0 Å². The van der Waals surface area contributed by atoms with Crippen molar-refractivity contribution in [2.24, 2.45) is 7.05 Å². The van der Waals surface area contributed by atoms with Gasteiger partial charge in [-0.3, -0.25) is 4.68 Å². The second-order valence-electron chi connectivity index (χ2n) is 4.14. The Balaban J connectivity index is 2.55. The van der Waals surface area contributed by atoms with Gasteiger partial charge in [0.15, 0.2) is 0 Å². The molecule has 0 spiro atoms. The number of benzene rings is 1. The van der Waals surface area contributed by atoms with E-state index in [0.717, 1.165) is 31.8 Å². The molecule has 0 fully saturated rings. The highest BCUT2D eigenvalue weighted by Crippen LogP contribution is 2.35. The average molecular weight is 408 g/mol. The molecule has 0 aliphatic carbocycles. The van der Waals surface area contributed by atoms with E-state index in [4.69, 9.17) is 11.6 Å². The highest BCUT2D eigenvalue weighted by atomic mass is 79.9. The number of rotatable bonds is 4. The van der Waals surface area contributed by atoms with Crippen molar-refractivity contribution in [2.75, 3.05) is 6.54 Å². The summed E-state index contributed by atoms with van der Waals surface area (Å²) in [4.78, 5) is 0. The summed E-state index contributed by atoms with van der Waals surface area (Å²) in [6.45, 7) is 2.91. The van der Waals surface area contributed by atoms with Crippen LogP contribution in [0, 0.1) is 0 Å². The van der Waals surface area contributed by atoms with Gasteiger partial charge in [0.05, 0.1) is 27.4 Å². The van der Waals surface area contributed by atoms with E-state index >= 15 is 0 Å². The molecule has 2 rings (SSSR count). The zero-order valence-electron chi connectivity index (χ0n) is 10.6. The third-order valence-corrected chi connectivity index (χ3v) is 4.83. The highest BCUT2D eigenvalue weighted by molar-refractivity contribution is 9.10. The minimum absolute atomic E-state index is 0.00289. The molecule has 3 nitrogen and oxygen atoms in total. The van der Waals surface area contributed by atoms with Crippen LogP contribution in [0.1, 0.15) is 24.2 Å². The van der Waals surface area contributed by atoms with E-state index in [1.54, 1.807) is 6.20 Å². The number of aryl methyl sites for hydroxylation is 1. The molecule has 0 aliphatic heterocycles. The number of aromatic nitrogens is 2. The van der Waals surface area contributed by atoms with Gasteiger partial charge in [0.2, 0.25) is 0 Å². The van der Waals surface area contributed by atoms with Crippen LogP contribution in [0.2, 0.25) is 5.02 Å². The zero-order chi connectivity index (χ0) is 14.0. The van der Waals surface area contributed by atoms with Crippen molar-refractivity contribution >= 4 is 43.5 Å². The van der Waals surface area contributed by atoms with E-state index in [1.807, 2.05) is 29.9 Å². The van der Waals surface area contributed by atoms with Gasteiger partial charge in [0, 0.05) is 11.5 Å². The first-order chi connectivity index (χ1) is 9.06. The monoisotopic (exact) mass is 405 g/mol. The van der Waals surface area contributed by atoms with Crippen molar-refractivity contribution in [1.29, 1.82) is 0 Å². The summed E-state index contributed by atoms with van der Waals surface area (Å²) in [5.74, 6) is 0. The Morgan fingerprint density at radius 1 is 1.37 bits per heavy atom. The molecule has 0 amide bonds. The molecule has 0 saturated heterocycles. The van der Waals surface area contributed by atoms with Crippen molar-refractivity contribution in [2.45, 2.75) is 13.0 Å². The van der Waals surface area contributed by atoms with Crippen molar-refractivity contribution in [3.63, 3.8) is 0 Å². The van der Waals surface area contributed by atoms with Crippen LogP contribution in [0.5, 0.6) is 0 Å². The lowest BCUT2D eigenvalue weighted by molar-refractivity contribution is 0.571. The van der Waals surface area contributed by atoms with Crippen LogP contribution in [0.4, 0.5) is 0 Å². The molecule has 2 aromatic rings. The maximum Gasteiger partial charge on any atom is 0.0774 e. The fourth-order valence-electron chi connectivity index (χ4n) is 2.05. The minimum Gasteiger partial charge on any atom is -0.305 e. The molecule has 0 saturated carbocycles. The lowest BCUT2D eigenvalue weighted by Gasteiger charge is -2.21. The normalized spacial score (nSPS) is 12.7. The molecule has 6 heteroatoms. The maximum atomic E-state index is 6.41. The molecule has 1 aromatic carbocycles. The van der Waals surface area contributed by atoms with E-state index in [-0.39, 0.29) is 6.04 Å². The van der Waals surface area contributed by atoms with E-state index in [0.29, 0.717) is 0 Å². The Kier molecular flexibility index (Phi) is 5.06. The van der Waals surface area contributed by atoms with Crippen LogP contribution in [0.15, 0.2) is 33.3 Å². The maximum absolute atomic E-state index is 6.41. The summed E-state index contributed by atoms with van der Waals surface area (Å²) in [7, 11) is 1.93. The minimum atomic E-state index is -0.00289. The molecular formula is C13H14Br2ClN3. The summed E-state index contributed by atoms with van der Waals surface area (Å²) in [5.41, 5.74) is 2.09. The van der Waals surface area contributed by atoms with Gasteiger partial charge in [-0.2, -0.15) is 5.10 Å². The number of halogens is 3. The molecule has 1 heterocycles. The van der Waals surface area contributed by atoms with Gasteiger partial charge in [-0.05, 0) is 50.0 Å². The van der Waals surface area contributed by atoms with Crippen molar-refractivity contribution < 1.29 is 0 Å². The molecule has 1 N–H and O–H groups in total. The van der Waals surface area contributed by atoms with E-state index in [9.17, 15) is 0 Å². The standard InChI is InChI=1S/C13H14Br2ClN3/c1-3-17-12(13-10(15)7-18-19(13)2)8-5-4-6-9(14)11(8)16/h4-7,12,17H,3H2,1-2H3. The first-order valence-electron chi connectivity index (χ1n) is 5.91. The van der Waals surface area contributed by atoms with Crippen LogP contribution in [-0.4, -0.2) is 16.3 Å². The molecule has 0 bridgehead atoms. The topological polar surface area (TPSA) is 29.9 Å². The fourth-order valence-corrected chi connectivity index (χ4v) is 3.24. The first-order valence-corrected chi connectivity index (χ1v) is 7.87. The lowest BCUT2D eigenvalue weighted by atomic mass is 10.0. The summed E-state index contributed by atoms with van der Waals surface area (Å²) in [6, 6.07) is 5.95. The molecule has 1 aromatic heterocycles. The largest absolute Gasteiger partial charge is 0.305 e.